The predicted octanol–water partition coefficient (Wildman–Crippen LogP) is 8.75. The molecule has 1 nitrogen and oxygen atoms in total. The van der Waals surface area contributed by atoms with E-state index in [9.17, 15) is 4.79 Å². The largest absolute Gasteiger partial charge is 0.299 e. The maximum Gasteiger partial charge on any atom is 0.136 e. The van der Waals surface area contributed by atoms with Crippen LogP contribution in [0.4, 0.5) is 0 Å². The van der Waals surface area contributed by atoms with Crippen molar-refractivity contribution >= 4 is 5.78 Å². The average molecular weight is 421 g/mol. The number of ketones is 1. The van der Waals surface area contributed by atoms with E-state index >= 15 is 0 Å². The van der Waals surface area contributed by atoms with Gasteiger partial charge in [0.2, 0.25) is 0 Å². The minimum Gasteiger partial charge on any atom is -0.299 e. The Morgan fingerprint density at radius 2 is 0.968 bits per heavy atom. The number of benzene rings is 2. The minimum atomic E-state index is 0.0949. The van der Waals surface area contributed by atoms with Crippen molar-refractivity contribution in [2.75, 3.05) is 0 Å². The summed E-state index contributed by atoms with van der Waals surface area (Å²) in [5, 5.41) is 0. The van der Waals surface area contributed by atoms with Gasteiger partial charge in [-0.2, -0.15) is 0 Å². The third-order valence-electron chi connectivity index (χ3n) is 6.38. The lowest BCUT2D eigenvalue weighted by molar-refractivity contribution is -0.123. The van der Waals surface area contributed by atoms with Crippen molar-refractivity contribution in [2.24, 2.45) is 5.92 Å². The van der Waals surface area contributed by atoms with Crippen LogP contribution >= 0.6 is 0 Å². The molecular formula is C30H44O. The molecular weight excluding hydrogens is 376 g/mol. The Morgan fingerprint density at radius 3 is 1.39 bits per heavy atom. The van der Waals surface area contributed by atoms with E-state index in [4.69, 9.17) is 0 Å². The second kappa shape index (κ2) is 16.8. The molecule has 0 aromatic heterocycles. The van der Waals surface area contributed by atoms with E-state index in [1.54, 1.807) is 0 Å². The molecule has 2 rings (SSSR count). The Kier molecular flexibility index (Phi) is 13.7. The summed E-state index contributed by atoms with van der Waals surface area (Å²) in [7, 11) is 0. The Morgan fingerprint density at radius 1 is 0.581 bits per heavy atom. The van der Waals surface area contributed by atoms with Crippen molar-refractivity contribution in [2.45, 2.75) is 103 Å². The van der Waals surface area contributed by atoms with Gasteiger partial charge in [-0.3, -0.25) is 4.79 Å². The summed E-state index contributed by atoms with van der Waals surface area (Å²) < 4.78 is 0. The Hall–Kier alpha value is -1.89. The number of hydrogen-bond donors (Lipinski definition) is 0. The molecule has 0 unspecified atom stereocenters. The summed E-state index contributed by atoms with van der Waals surface area (Å²) in [5.74, 6) is 0.539. The van der Waals surface area contributed by atoms with Gasteiger partial charge in [0.25, 0.3) is 0 Å². The van der Waals surface area contributed by atoms with Gasteiger partial charge in [0, 0.05) is 12.3 Å². The van der Waals surface area contributed by atoms with E-state index in [1.165, 1.54) is 81.8 Å². The van der Waals surface area contributed by atoms with E-state index < -0.39 is 0 Å². The fourth-order valence-electron chi connectivity index (χ4n) is 4.44. The van der Waals surface area contributed by atoms with Gasteiger partial charge >= 0.3 is 0 Å². The van der Waals surface area contributed by atoms with Gasteiger partial charge in [0.15, 0.2) is 0 Å². The first-order chi connectivity index (χ1) is 15.3. The maximum atomic E-state index is 13.0. The number of carbonyl (C=O) groups is 1. The zero-order chi connectivity index (χ0) is 22.0. The van der Waals surface area contributed by atoms with Crippen molar-refractivity contribution in [3.8, 4) is 0 Å². The normalized spacial score (nSPS) is 11.2. The first kappa shape index (κ1) is 25.4. The fraction of sp³-hybridized carbons (Fsp3) is 0.567. The number of rotatable bonds is 18. The molecule has 1 heteroatoms. The lowest BCUT2D eigenvalue weighted by Crippen LogP contribution is -2.20. The van der Waals surface area contributed by atoms with Crippen LogP contribution in [0.15, 0.2) is 60.7 Å². The van der Waals surface area contributed by atoms with Gasteiger partial charge in [-0.1, -0.05) is 138 Å². The van der Waals surface area contributed by atoms with Gasteiger partial charge in [-0.25, -0.2) is 0 Å². The fourth-order valence-corrected chi connectivity index (χ4v) is 4.44. The summed E-state index contributed by atoms with van der Waals surface area (Å²) in [5.41, 5.74) is 2.54. The maximum absolute atomic E-state index is 13.0. The molecule has 0 aliphatic carbocycles. The monoisotopic (exact) mass is 420 g/mol. The molecule has 0 heterocycles. The highest BCUT2D eigenvalue weighted by Crippen LogP contribution is 2.19. The summed E-state index contributed by atoms with van der Waals surface area (Å²) in [6.07, 6.45) is 18.5. The topological polar surface area (TPSA) is 17.1 Å². The first-order valence-electron chi connectivity index (χ1n) is 12.9. The van der Waals surface area contributed by atoms with Crippen LogP contribution in [0.5, 0.6) is 0 Å². The van der Waals surface area contributed by atoms with Crippen LogP contribution in [-0.4, -0.2) is 5.78 Å². The second-order valence-electron chi connectivity index (χ2n) is 9.18. The van der Waals surface area contributed by atoms with Gasteiger partial charge < -0.3 is 0 Å². The number of carbonyl (C=O) groups excluding carboxylic acids is 1. The molecule has 31 heavy (non-hydrogen) atoms. The molecule has 2 aromatic carbocycles. The van der Waals surface area contributed by atoms with E-state index in [-0.39, 0.29) is 5.92 Å². The van der Waals surface area contributed by atoms with Crippen LogP contribution in [0.2, 0.25) is 0 Å². The molecule has 0 spiro atoms. The van der Waals surface area contributed by atoms with E-state index in [1.807, 2.05) is 12.1 Å². The van der Waals surface area contributed by atoms with Crippen molar-refractivity contribution in [1.29, 1.82) is 0 Å². The van der Waals surface area contributed by atoms with Crippen LogP contribution in [0.1, 0.15) is 102 Å². The molecule has 0 N–H and O–H groups in total. The van der Waals surface area contributed by atoms with Crippen molar-refractivity contribution in [1.82, 2.24) is 0 Å². The third-order valence-corrected chi connectivity index (χ3v) is 6.38. The Balaban J connectivity index is 1.63. The highest BCUT2D eigenvalue weighted by atomic mass is 16.1. The molecule has 0 radical (unpaired) electrons. The quantitative estimate of drug-likeness (QED) is 0.220. The van der Waals surface area contributed by atoms with E-state index in [0.717, 1.165) is 25.7 Å². The molecule has 170 valence electrons. The smallest absolute Gasteiger partial charge is 0.136 e. The van der Waals surface area contributed by atoms with Gasteiger partial charge in [0.05, 0.1) is 0 Å². The van der Waals surface area contributed by atoms with Crippen LogP contribution < -0.4 is 0 Å². The molecule has 0 saturated heterocycles. The molecule has 2 aromatic rings. The van der Waals surface area contributed by atoms with Gasteiger partial charge in [0.1, 0.15) is 5.78 Å². The second-order valence-corrected chi connectivity index (χ2v) is 9.18. The minimum absolute atomic E-state index is 0.0949. The molecule has 0 saturated carbocycles. The molecule has 0 fully saturated rings. The molecule has 0 aliphatic rings. The summed E-state index contributed by atoms with van der Waals surface area (Å²) in [6, 6.07) is 21.0. The van der Waals surface area contributed by atoms with Crippen LogP contribution in [0.3, 0.4) is 0 Å². The molecule has 0 amide bonds. The van der Waals surface area contributed by atoms with Crippen molar-refractivity contribution < 1.29 is 4.79 Å². The van der Waals surface area contributed by atoms with Gasteiger partial charge in [-0.15, -0.1) is 0 Å². The summed E-state index contributed by atoms with van der Waals surface area (Å²) in [4.78, 5) is 13.0. The average Bonchev–Trinajstić information content (AvgIpc) is 2.80. The first-order valence-corrected chi connectivity index (χ1v) is 12.9. The SMILES string of the molecule is CCCCCCCCCCCCCCC(=O)C(Cc1ccccc1)Cc1ccccc1. The highest BCUT2D eigenvalue weighted by Gasteiger charge is 2.19. The summed E-state index contributed by atoms with van der Waals surface area (Å²) >= 11 is 0. The van der Waals surface area contributed by atoms with Crippen LogP contribution in [0, 0.1) is 5.92 Å². The van der Waals surface area contributed by atoms with E-state index in [0.29, 0.717) is 5.78 Å². The number of unbranched alkanes of at least 4 members (excludes halogenated alkanes) is 11. The Labute approximate surface area is 191 Å². The standard InChI is InChI=1S/C30H44O/c1-2-3-4-5-6-7-8-9-10-11-12-19-24-30(31)29(25-27-20-15-13-16-21-27)26-28-22-17-14-18-23-28/h13-18,20-23,29H,2-12,19,24-26H2,1H3. The number of hydrogen-bond acceptors (Lipinski definition) is 1. The zero-order valence-electron chi connectivity index (χ0n) is 19.9. The molecule has 0 atom stereocenters. The van der Waals surface area contributed by atoms with E-state index in [2.05, 4.69) is 55.5 Å². The summed E-state index contributed by atoms with van der Waals surface area (Å²) in [6.45, 7) is 2.28. The Bertz CT molecular complexity index is 635. The third kappa shape index (κ3) is 11.9. The molecule has 0 bridgehead atoms. The van der Waals surface area contributed by atoms with Crippen LogP contribution in [-0.2, 0) is 17.6 Å². The molecule has 0 aliphatic heterocycles. The zero-order valence-corrected chi connectivity index (χ0v) is 19.9. The lowest BCUT2D eigenvalue weighted by atomic mass is 9.87. The van der Waals surface area contributed by atoms with Crippen molar-refractivity contribution in [3.05, 3.63) is 71.8 Å². The number of Topliss-reactive ketones (excluding diaryl/α,β-unsaturated/α-hetero) is 1. The highest BCUT2D eigenvalue weighted by molar-refractivity contribution is 5.81. The van der Waals surface area contributed by atoms with Gasteiger partial charge in [-0.05, 0) is 30.4 Å². The predicted molar refractivity (Wildman–Crippen MR) is 134 cm³/mol. The van der Waals surface area contributed by atoms with Crippen molar-refractivity contribution in [3.63, 3.8) is 0 Å². The van der Waals surface area contributed by atoms with Crippen LogP contribution in [0.25, 0.3) is 0 Å². The lowest BCUT2D eigenvalue weighted by Gasteiger charge is -2.16.